The molecule has 0 aromatic heterocycles. The van der Waals surface area contributed by atoms with Crippen LogP contribution in [0.15, 0.2) is 18.2 Å². The Morgan fingerprint density at radius 1 is 1.29 bits per heavy atom. The molecule has 21 heavy (non-hydrogen) atoms. The summed E-state index contributed by atoms with van der Waals surface area (Å²) in [4.78, 5) is 11.5. The third kappa shape index (κ3) is 6.58. The minimum Gasteiger partial charge on any atom is -0.479 e. The first-order valence-electron chi connectivity index (χ1n) is 7.25. The summed E-state index contributed by atoms with van der Waals surface area (Å²) in [5.41, 5.74) is 0.779. The van der Waals surface area contributed by atoms with Crippen LogP contribution >= 0.6 is 0 Å². The molecular weight excluding hydrogens is 273 g/mol. The lowest BCUT2D eigenvalue weighted by Crippen LogP contribution is -2.26. The summed E-state index contributed by atoms with van der Waals surface area (Å²) in [6, 6.07) is 4.45. The van der Waals surface area contributed by atoms with Crippen LogP contribution in [-0.2, 0) is 16.1 Å². The largest absolute Gasteiger partial charge is 0.479 e. The van der Waals surface area contributed by atoms with Gasteiger partial charge in [0.1, 0.15) is 11.6 Å². The maximum atomic E-state index is 13.6. The smallest absolute Gasteiger partial charge is 0.347 e. The third-order valence-corrected chi connectivity index (χ3v) is 2.74. The summed E-state index contributed by atoms with van der Waals surface area (Å²) in [6.45, 7) is 9.22. The summed E-state index contributed by atoms with van der Waals surface area (Å²) in [6.07, 6.45) is -0.761. The first-order valence-corrected chi connectivity index (χ1v) is 7.25. The molecule has 4 nitrogen and oxygen atoms in total. The number of ether oxygens (including phenoxy) is 2. The number of benzene rings is 1. The van der Waals surface area contributed by atoms with Gasteiger partial charge in [-0.3, -0.25) is 0 Å². The Bertz CT molecular complexity index is 463. The van der Waals surface area contributed by atoms with Gasteiger partial charge >= 0.3 is 5.97 Å². The van der Waals surface area contributed by atoms with E-state index >= 15 is 0 Å². The van der Waals surface area contributed by atoms with Crippen molar-refractivity contribution in [2.75, 3.05) is 13.2 Å². The molecule has 0 saturated heterocycles. The van der Waals surface area contributed by atoms with Gasteiger partial charge in [0.2, 0.25) is 0 Å². The summed E-state index contributed by atoms with van der Waals surface area (Å²) >= 11 is 0. The number of esters is 1. The molecule has 1 aromatic rings. The van der Waals surface area contributed by atoms with Crippen LogP contribution in [0.3, 0.4) is 0 Å². The molecule has 0 bridgehead atoms. The maximum absolute atomic E-state index is 13.6. The van der Waals surface area contributed by atoms with Crippen molar-refractivity contribution in [1.82, 2.24) is 5.32 Å². The van der Waals surface area contributed by atoms with Gasteiger partial charge in [0.15, 0.2) is 6.10 Å². The predicted molar refractivity (Wildman–Crippen MR) is 79.7 cm³/mol. The van der Waals surface area contributed by atoms with Crippen LogP contribution in [-0.4, -0.2) is 25.2 Å². The van der Waals surface area contributed by atoms with Gasteiger partial charge in [-0.25, -0.2) is 9.18 Å². The minimum atomic E-state index is -0.761. The van der Waals surface area contributed by atoms with E-state index in [1.807, 2.05) is 0 Å². The first-order chi connectivity index (χ1) is 9.92. The number of hydrogen-bond acceptors (Lipinski definition) is 4. The highest BCUT2D eigenvalue weighted by atomic mass is 19.1. The molecule has 0 saturated carbocycles. The van der Waals surface area contributed by atoms with Gasteiger partial charge in [-0.2, -0.15) is 0 Å². The Hall–Kier alpha value is -1.62. The van der Waals surface area contributed by atoms with Crippen molar-refractivity contribution in [1.29, 1.82) is 0 Å². The molecule has 1 rings (SSSR count). The lowest BCUT2D eigenvalue weighted by molar-refractivity contribution is -0.150. The Labute approximate surface area is 125 Å². The molecule has 0 amide bonds. The van der Waals surface area contributed by atoms with Crippen LogP contribution in [0.1, 0.15) is 33.3 Å². The molecule has 1 unspecified atom stereocenters. The Kier molecular flexibility index (Phi) is 7.15. The fourth-order valence-corrected chi connectivity index (χ4v) is 1.81. The number of carbonyl (C=O) groups excluding carboxylic acids is 1. The Morgan fingerprint density at radius 2 is 2.00 bits per heavy atom. The van der Waals surface area contributed by atoms with E-state index < -0.39 is 12.1 Å². The standard InChI is InChI=1S/C16H24FNO3/c1-5-20-16(19)12(4)21-15-7-13(6-14(17)8-15)10-18-9-11(2)3/h6-8,11-12,18H,5,9-10H2,1-4H3. The summed E-state index contributed by atoms with van der Waals surface area (Å²) in [5, 5.41) is 3.24. The van der Waals surface area contributed by atoms with Crippen molar-refractivity contribution in [3.05, 3.63) is 29.6 Å². The molecule has 1 atom stereocenters. The van der Waals surface area contributed by atoms with E-state index in [1.165, 1.54) is 12.1 Å². The molecule has 0 spiro atoms. The number of hydrogen-bond donors (Lipinski definition) is 1. The van der Waals surface area contributed by atoms with E-state index in [0.717, 1.165) is 12.1 Å². The second-order valence-electron chi connectivity index (χ2n) is 5.33. The molecular formula is C16H24FNO3. The van der Waals surface area contributed by atoms with Crippen LogP contribution in [0.2, 0.25) is 0 Å². The average molecular weight is 297 g/mol. The highest BCUT2D eigenvalue weighted by Gasteiger charge is 2.16. The van der Waals surface area contributed by atoms with E-state index in [4.69, 9.17) is 9.47 Å². The molecule has 5 heteroatoms. The van der Waals surface area contributed by atoms with Gasteiger partial charge in [0, 0.05) is 12.6 Å². The summed E-state index contributed by atoms with van der Waals surface area (Å²) < 4.78 is 23.9. The van der Waals surface area contributed by atoms with E-state index in [0.29, 0.717) is 24.8 Å². The average Bonchev–Trinajstić information content (AvgIpc) is 2.37. The van der Waals surface area contributed by atoms with Gasteiger partial charge in [0.05, 0.1) is 6.61 Å². The van der Waals surface area contributed by atoms with Crippen LogP contribution in [0.25, 0.3) is 0 Å². The maximum Gasteiger partial charge on any atom is 0.347 e. The van der Waals surface area contributed by atoms with Gasteiger partial charge < -0.3 is 14.8 Å². The van der Waals surface area contributed by atoms with E-state index in [1.54, 1.807) is 19.9 Å². The zero-order valence-electron chi connectivity index (χ0n) is 13.1. The Balaban J connectivity index is 2.66. The van der Waals surface area contributed by atoms with Crippen LogP contribution in [0.4, 0.5) is 4.39 Å². The Morgan fingerprint density at radius 3 is 2.62 bits per heavy atom. The molecule has 0 aliphatic rings. The highest BCUT2D eigenvalue weighted by Crippen LogP contribution is 2.18. The van der Waals surface area contributed by atoms with E-state index in [-0.39, 0.29) is 5.82 Å². The number of rotatable bonds is 8. The minimum absolute atomic E-state index is 0.292. The lowest BCUT2D eigenvalue weighted by atomic mass is 10.2. The summed E-state index contributed by atoms with van der Waals surface area (Å²) in [5.74, 6) is 0.0150. The second-order valence-corrected chi connectivity index (χ2v) is 5.33. The topological polar surface area (TPSA) is 47.6 Å². The van der Waals surface area contributed by atoms with Gasteiger partial charge in [0.25, 0.3) is 0 Å². The van der Waals surface area contributed by atoms with Crippen molar-refractivity contribution in [2.45, 2.75) is 40.3 Å². The van der Waals surface area contributed by atoms with Crippen LogP contribution < -0.4 is 10.1 Å². The van der Waals surface area contributed by atoms with Gasteiger partial charge in [-0.15, -0.1) is 0 Å². The number of carbonyl (C=O) groups is 1. The SMILES string of the molecule is CCOC(=O)C(C)Oc1cc(F)cc(CNCC(C)C)c1. The van der Waals surface area contributed by atoms with Crippen LogP contribution in [0, 0.1) is 11.7 Å². The predicted octanol–water partition coefficient (Wildman–Crippen LogP) is 2.90. The van der Waals surface area contributed by atoms with Gasteiger partial charge in [-0.05, 0) is 44.0 Å². The molecule has 0 aliphatic carbocycles. The quantitative estimate of drug-likeness (QED) is 0.750. The van der Waals surface area contributed by atoms with Crippen molar-refractivity contribution >= 4 is 5.97 Å². The van der Waals surface area contributed by atoms with E-state index in [9.17, 15) is 9.18 Å². The fraction of sp³-hybridized carbons (Fsp3) is 0.562. The summed E-state index contributed by atoms with van der Waals surface area (Å²) in [7, 11) is 0. The monoisotopic (exact) mass is 297 g/mol. The fourth-order valence-electron chi connectivity index (χ4n) is 1.81. The zero-order valence-corrected chi connectivity index (χ0v) is 13.1. The second kappa shape index (κ2) is 8.62. The van der Waals surface area contributed by atoms with Crippen molar-refractivity contribution in [3.63, 3.8) is 0 Å². The third-order valence-electron chi connectivity index (χ3n) is 2.74. The van der Waals surface area contributed by atoms with Crippen molar-refractivity contribution in [2.24, 2.45) is 5.92 Å². The van der Waals surface area contributed by atoms with Gasteiger partial charge in [-0.1, -0.05) is 13.8 Å². The molecule has 0 aliphatic heterocycles. The molecule has 0 fully saturated rings. The number of nitrogens with one attached hydrogen (secondary N) is 1. The highest BCUT2D eigenvalue weighted by molar-refractivity contribution is 5.74. The molecule has 1 aromatic carbocycles. The van der Waals surface area contributed by atoms with Crippen LogP contribution in [0.5, 0.6) is 5.75 Å². The first kappa shape index (κ1) is 17.4. The molecule has 0 heterocycles. The lowest BCUT2D eigenvalue weighted by Gasteiger charge is -2.14. The molecule has 118 valence electrons. The molecule has 0 radical (unpaired) electrons. The van der Waals surface area contributed by atoms with Crippen molar-refractivity contribution < 1.29 is 18.7 Å². The van der Waals surface area contributed by atoms with E-state index in [2.05, 4.69) is 19.2 Å². The van der Waals surface area contributed by atoms with Crippen molar-refractivity contribution in [3.8, 4) is 5.75 Å². The number of halogens is 1. The zero-order chi connectivity index (χ0) is 15.8. The normalized spacial score (nSPS) is 12.3. The molecule has 1 N–H and O–H groups in total.